The van der Waals surface area contributed by atoms with Gasteiger partial charge in [0, 0.05) is 17.1 Å². The van der Waals surface area contributed by atoms with Crippen molar-refractivity contribution in [2.45, 2.75) is 91.0 Å². The van der Waals surface area contributed by atoms with Crippen molar-refractivity contribution < 1.29 is 29.0 Å². The lowest BCUT2D eigenvalue weighted by molar-refractivity contribution is -0.120. The molecule has 2 aliphatic rings. The van der Waals surface area contributed by atoms with E-state index in [1.807, 2.05) is 23.5 Å². The molecule has 4 N–H and O–H groups in total. The number of ether oxygens (including phenoxy) is 2. The largest absolute Gasteiger partial charge is 0.444 e. The average molecular weight is 545 g/mol. The Labute approximate surface area is 222 Å². The topological polar surface area (TPSA) is 138 Å². The SMILES string of the molecule is CC(=O)NC(CO)C1CC(=C2SCCCS2)CC1N=C(NC(=O)OC(C)(C)C)NC(=O)OC(C)(C)C. The number of hydrogen-bond donors (Lipinski definition) is 4. The van der Waals surface area contributed by atoms with E-state index in [1.54, 1.807) is 41.5 Å². The highest BCUT2D eigenvalue weighted by Gasteiger charge is 2.39. The lowest BCUT2D eigenvalue weighted by Gasteiger charge is -2.26. The third-order valence-electron chi connectivity index (χ3n) is 5.11. The summed E-state index contributed by atoms with van der Waals surface area (Å²) in [7, 11) is 0. The second-order valence-electron chi connectivity index (χ2n) is 10.8. The van der Waals surface area contributed by atoms with Gasteiger partial charge in [-0.3, -0.25) is 15.4 Å². The molecule has 1 heterocycles. The van der Waals surface area contributed by atoms with Gasteiger partial charge in [0.1, 0.15) is 11.2 Å². The normalized spacial score (nSPS) is 21.3. The van der Waals surface area contributed by atoms with Gasteiger partial charge in [-0.2, -0.15) is 0 Å². The lowest BCUT2D eigenvalue weighted by atomic mass is 9.95. The molecule has 1 aliphatic carbocycles. The molecular weight excluding hydrogens is 504 g/mol. The van der Waals surface area contributed by atoms with E-state index < -0.39 is 35.5 Å². The van der Waals surface area contributed by atoms with Gasteiger partial charge in [0.2, 0.25) is 11.9 Å². The number of guanidine groups is 1. The number of amides is 3. The van der Waals surface area contributed by atoms with Crippen molar-refractivity contribution in [2.75, 3.05) is 18.1 Å². The molecule has 3 atom stereocenters. The van der Waals surface area contributed by atoms with Gasteiger partial charge in [-0.05, 0) is 77.9 Å². The molecule has 12 heteroatoms. The predicted octanol–water partition coefficient (Wildman–Crippen LogP) is 3.75. The molecule has 0 aromatic rings. The minimum atomic E-state index is -0.774. The first-order valence-electron chi connectivity index (χ1n) is 12.1. The zero-order valence-corrected chi connectivity index (χ0v) is 23.9. The first kappa shape index (κ1) is 30.3. The number of thioether (sulfide) groups is 2. The number of nitrogens with zero attached hydrogens (tertiary/aromatic N) is 1. The van der Waals surface area contributed by atoms with Gasteiger partial charge >= 0.3 is 12.2 Å². The zero-order chi connectivity index (χ0) is 27.1. The Hall–Kier alpha value is -1.92. The fourth-order valence-corrected chi connectivity index (χ4v) is 6.58. The van der Waals surface area contributed by atoms with E-state index in [2.05, 4.69) is 16.0 Å². The number of aliphatic imine (C=N–C) groups is 1. The molecule has 0 aromatic heterocycles. The molecule has 1 saturated carbocycles. The Morgan fingerprint density at radius 1 is 1.00 bits per heavy atom. The molecule has 0 aromatic carbocycles. The molecular formula is C24H40N4O6S2. The van der Waals surface area contributed by atoms with Crippen LogP contribution in [0.1, 0.15) is 67.7 Å². The molecule has 0 radical (unpaired) electrons. The number of hydrogen-bond acceptors (Lipinski definition) is 9. The van der Waals surface area contributed by atoms with Crippen molar-refractivity contribution >= 4 is 47.6 Å². The number of carbonyl (C=O) groups is 3. The van der Waals surface area contributed by atoms with Crippen LogP contribution in [0.25, 0.3) is 0 Å². The van der Waals surface area contributed by atoms with Crippen LogP contribution >= 0.6 is 23.5 Å². The smallest absolute Gasteiger partial charge is 0.414 e. The maximum absolute atomic E-state index is 12.5. The van der Waals surface area contributed by atoms with E-state index in [4.69, 9.17) is 14.5 Å². The summed E-state index contributed by atoms with van der Waals surface area (Å²) in [5, 5.41) is 17.9. The molecule has 36 heavy (non-hydrogen) atoms. The molecule has 2 fully saturated rings. The predicted molar refractivity (Wildman–Crippen MR) is 144 cm³/mol. The first-order valence-corrected chi connectivity index (χ1v) is 14.1. The van der Waals surface area contributed by atoms with E-state index in [1.165, 1.54) is 16.7 Å². The van der Waals surface area contributed by atoms with Crippen LogP contribution in [0, 0.1) is 5.92 Å². The highest BCUT2D eigenvalue weighted by molar-refractivity contribution is 8.22. The number of alkyl carbamates (subject to hydrolysis) is 2. The summed E-state index contributed by atoms with van der Waals surface area (Å²) >= 11 is 3.63. The van der Waals surface area contributed by atoms with E-state index >= 15 is 0 Å². The zero-order valence-electron chi connectivity index (χ0n) is 22.2. The standard InChI is InChI=1S/C24H40N4O6S2/c1-14(30)25-18(13-29)16-11-15(19-35-9-8-10-36-19)12-17(16)26-20(27-21(31)33-23(2,3)4)28-22(32)34-24(5,6)7/h16-18,29H,8-13H2,1-7H3,(H,25,30)(H2,26,27,28,31,32). The fraction of sp³-hybridized carbons (Fsp3) is 0.750. The Morgan fingerprint density at radius 3 is 1.97 bits per heavy atom. The van der Waals surface area contributed by atoms with Gasteiger partial charge in [0.15, 0.2) is 0 Å². The van der Waals surface area contributed by atoms with Crippen LogP contribution in [0.2, 0.25) is 0 Å². The lowest BCUT2D eigenvalue weighted by Crippen LogP contribution is -2.49. The monoisotopic (exact) mass is 544 g/mol. The third-order valence-corrected chi connectivity index (χ3v) is 7.91. The second-order valence-corrected chi connectivity index (χ2v) is 13.3. The van der Waals surface area contributed by atoms with Crippen LogP contribution in [0.4, 0.5) is 9.59 Å². The summed E-state index contributed by atoms with van der Waals surface area (Å²) in [6.07, 6.45) is 0.812. The van der Waals surface area contributed by atoms with Crippen molar-refractivity contribution in [3.63, 3.8) is 0 Å². The first-order chi connectivity index (χ1) is 16.7. The Balaban J connectivity index is 2.39. The van der Waals surface area contributed by atoms with E-state index in [-0.39, 0.29) is 24.4 Å². The average Bonchev–Trinajstić information content (AvgIpc) is 3.13. The van der Waals surface area contributed by atoms with E-state index in [0.29, 0.717) is 12.8 Å². The quantitative estimate of drug-likeness (QED) is 0.310. The van der Waals surface area contributed by atoms with Gasteiger partial charge in [-0.25, -0.2) is 14.6 Å². The minimum Gasteiger partial charge on any atom is -0.444 e. The van der Waals surface area contributed by atoms with Gasteiger partial charge in [-0.1, -0.05) is 0 Å². The minimum absolute atomic E-state index is 0.108. The molecule has 1 saturated heterocycles. The Morgan fingerprint density at radius 2 is 1.53 bits per heavy atom. The summed E-state index contributed by atoms with van der Waals surface area (Å²) in [6.45, 7) is 11.5. The summed E-state index contributed by atoms with van der Waals surface area (Å²) in [5.41, 5.74) is -0.296. The number of aliphatic hydroxyl groups excluding tert-OH is 1. The fourth-order valence-electron chi connectivity index (χ4n) is 3.87. The van der Waals surface area contributed by atoms with Crippen LogP contribution in [-0.2, 0) is 14.3 Å². The Kier molecular flexibility index (Phi) is 11.0. The van der Waals surface area contributed by atoms with Crippen molar-refractivity contribution in [3.05, 3.63) is 9.81 Å². The molecule has 3 amide bonds. The van der Waals surface area contributed by atoms with E-state index in [0.717, 1.165) is 17.9 Å². The molecule has 0 bridgehead atoms. The van der Waals surface area contributed by atoms with Crippen molar-refractivity contribution in [1.29, 1.82) is 0 Å². The highest BCUT2D eigenvalue weighted by Crippen LogP contribution is 2.45. The van der Waals surface area contributed by atoms with Gasteiger partial charge < -0.3 is 19.9 Å². The second kappa shape index (κ2) is 13.0. The molecule has 204 valence electrons. The van der Waals surface area contributed by atoms with Gasteiger partial charge in [0.05, 0.1) is 18.7 Å². The van der Waals surface area contributed by atoms with Crippen LogP contribution in [0.15, 0.2) is 14.8 Å². The third kappa shape index (κ3) is 10.6. The molecule has 2 rings (SSSR count). The summed E-state index contributed by atoms with van der Waals surface area (Å²) in [4.78, 5) is 41.5. The van der Waals surface area contributed by atoms with Gasteiger partial charge in [0.25, 0.3) is 0 Å². The number of aliphatic hydroxyl groups is 1. The molecule has 3 unspecified atom stereocenters. The van der Waals surface area contributed by atoms with Crippen molar-refractivity contribution in [1.82, 2.24) is 16.0 Å². The molecule has 1 aliphatic heterocycles. The number of carbonyl (C=O) groups excluding carboxylic acids is 3. The number of nitrogens with one attached hydrogen (secondary N) is 3. The number of rotatable bonds is 4. The van der Waals surface area contributed by atoms with Crippen LogP contribution < -0.4 is 16.0 Å². The highest BCUT2D eigenvalue weighted by atomic mass is 32.2. The van der Waals surface area contributed by atoms with Crippen LogP contribution in [0.3, 0.4) is 0 Å². The van der Waals surface area contributed by atoms with Crippen molar-refractivity contribution in [2.24, 2.45) is 10.9 Å². The van der Waals surface area contributed by atoms with Crippen LogP contribution in [-0.4, -0.2) is 70.6 Å². The molecule has 10 nitrogen and oxygen atoms in total. The summed E-state index contributed by atoms with van der Waals surface area (Å²) in [5.74, 6) is 1.50. The maximum Gasteiger partial charge on any atom is 0.414 e. The van der Waals surface area contributed by atoms with Gasteiger partial charge in [-0.15, -0.1) is 23.5 Å². The maximum atomic E-state index is 12.5. The summed E-state index contributed by atoms with van der Waals surface area (Å²) < 4.78 is 11.9. The van der Waals surface area contributed by atoms with Crippen LogP contribution in [0.5, 0.6) is 0 Å². The summed E-state index contributed by atoms with van der Waals surface area (Å²) in [6, 6.07) is -0.947. The van der Waals surface area contributed by atoms with Crippen molar-refractivity contribution in [3.8, 4) is 0 Å². The Bertz CT molecular complexity index is 839. The molecule has 0 spiro atoms. The van der Waals surface area contributed by atoms with E-state index in [9.17, 15) is 19.5 Å².